The van der Waals surface area contributed by atoms with E-state index in [1.54, 1.807) is 23.9 Å². The summed E-state index contributed by atoms with van der Waals surface area (Å²) in [5.74, 6) is 0.850. The monoisotopic (exact) mass is 599 g/mol. The van der Waals surface area contributed by atoms with Crippen molar-refractivity contribution in [3.05, 3.63) is 121 Å². The van der Waals surface area contributed by atoms with Gasteiger partial charge in [-0.3, -0.25) is 9.59 Å². The Hall–Kier alpha value is -5.61. The van der Waals surface area contributed by atoms with Gasteiger partial charge < -0.3 is 25.0 Å². The van der Waals surface area contributed by atoms with E-state index >= 15 is 0 Å². The standard InChI is InChI=1S/C34H25N5O4S/c40-33(19-25-15-29(42-38-25)21-7-3-1-4-8-21)35-23-11-13-27-31(17-23)44-32-18-24(12-14-28(32)37-27)36-34(41)20-26-16-30(43-39-26)22-9-5-2-6-10-22/h1-18,37H,19-20H2,(H,35,40)(H,36,41). The van der Waals surface area contributed by atoms with Crippen LogP contribution in [0.4, 0.5) is 22.7 Å². The molecule has 0 bridgehead atoms. The number of rotatable bonds is 8. The van der Waals surface area contributed by atoms with Gasteiger partial charge in [-0.05, 0) is 36.4 Å². The fraction of sp³-hybridized carbons (Fsp3) is 0.0588. The van der Waals surface area contributed by atoms with Crippen LogP contribution in [0.25, 0.3) is 22.6 Å². The Kier molecular flexibility index (Phi) is 7.39. The highest BCUT2D eigenvalue weighted by molar-refractivity contribution is 7.99. The van der Waals surface area contributed by atoms with E-state index in [4.69, 9.17) is 9.05 Å². The highest BCUT2D eigenvalue weighted by atomic mass is 32.2. The predicted octanol–water partition coefficient (Wildman–Crippen LogP) is 7.57. The first-order valence-corrected chi connectivity index (χ1v) is 14.7. The summed E-state index contributed by atoms with van der Waals surface area (Å²) >= 11 is 1.56. The van der Waals surface area contributed by atoms with Crippen LogP contribution in [-0.4, -0.2) is 22.1 Å². The third-order valence-electron chi connectivity index (χ3n) is 6.94. The van der Waals surface area contributed by atoms with Crippen molar-refractivity contribution in [3.63, 3.8) is 0 Å². The van der Waals surface area contributed by atoms with Crippen molar-refractivity contribution < 1.29 is 18.6 Å². The maximum Gasteiger partial charge on any atom is 0.230 e. The first-order valence-electron chi connectivity index (χ1n) is 13.9. The summed E-state index contributed by atoms with van der Waals surface area (Å²) < 4.78 is 10.8. The van der Waals surface area contributed by atoms with Crippen LogP contribution in [-0.2, 0) is 22.4 Å². The number of amides is 2. The number of nitrogens with zero attached hydrogens (tertiary/aromatic N) is 2. The van der Waals surface area contributed by atoms with Gasteiger partial charge in [0, 0.05) is 44.4 Å². The molecular formula is C34H25N5O4S. The van der Waals surface area contributed by atoms with Crippen molar-refractivity contribution in [2.75, 3.05) is 16.0 Å². The van der Waals surface area contributed by atoms with E-state index in [1.165, 1.54) is 0 Å². The van der Waals surface area contributed by atoms with Crippen LogP contribution in [0.3, 0.4) is 0 Å². The van der Waals surface area contributed by atoms with Crippen LogP contribution < -0.4 is 16.0 Å². The van der Waals surface area contributed by atoms with Gasteiger partial charge in [0.1, 0.15) is 0 Å². The molecule has 6 aromatic rings. The lowest BCUT2D eigenvalue weighted by Crippen LogP contribution is -2.15. The molecule has 0 spiro atoms. The number of nitrogens with one attached hydrogen (secondary N) is 3. The van der Waals surface area contributed by atoms with Gasteiger partial charge in [0.25, 0.3) is 0 Å². The maximum atomic E-state index is 12.8. The normalized spacial score (nSPS) is 11.6. The number of anilines is 4. The van der Waals surface area contributed by atoms with Crippen LogP contribution in [0.2, 0.25) is 0 Å². The molecular weight excluding hydrogens is 574 g/mol. The molecule has 216 valence electrons. The number of hydrogen-bond donors (Lipinski definition) is 3. The molecule has 0 radical (unpaired) electrons. The molecule has 44 heavy (non-hydrogen) atoms. The highest BCUT2D eigenvalue weighted by Crippen LogP contribution is 2.46. The second-order valence-electron chi connectivity index (χ2n) is 10.2. The van der Waals surface area contributed by atoms with Crippen molar-refractivity contribution in [1.29, 1.82) is 0 Å². The SMILES string of the molecule is O=C(Cc1cc(-c2ccccc2)on1)Nc1ccc2c(c1)Sc1cc(NC(=O)Cc3cc(-c4ccccc4)on3)ccc1N2. The lowest BCUT2D eigenvalue weighted by atomic mass is 10.1. The van der Waals surface area contributed by atoms with Gasteiger partial charge in [-0.2, -0.15) is 0 Å². The van der Waals surface area contributed by atoms with E-state index < -0.39 is 0 Å². The van der Waals surface area contributed by atoms with E-state index in [-0.39, 0.29) is 24.7 Å². The van der Waals surface area contributed by atoms with Crippen LogP contribution in [0.15, 0.2) is 128 Å². The average molecular weight is 600 g/mol. The van der Waals surface area contributed by atoms with Gasteiger partial charge in [-0.1, -0.05) is 82.7 Å². The van der Waals surface area contributed by atoms with Crippen molar-refractivity contribution in [2.45, 2.75) is 22.6 Å². The van der Waals surface area contributed by atoms with Crippen molar-refractivity contribution in [3.8, 4) is 22.6 Å². The molecule has 1 aliphatic heterocycles. The Balaban J connectivity index is 0.973. The van der Waals surface area contributed by atoms with Crippen molar-refractivity contribution >= 4 is 46.3 Å². The molecule has 0 saturated heterocycles. The molecule has 0 unspecified atom stereocenters. The zero-order valence-corrected chi connectivity index (χ0v) is 24.1. The molecule has 1 aliphatic rings. The van der Waals surface area contributed by atoms with Crippen LogP contribution in [0.5, 0.6) is 0 Å². The number of aromatic nitrogens is 2. The summed E-state index contributed by atoms with van der Waals surface area (Å²) in [5, 5.41) is 17.4. The number of hydrogen-bond acceptors (Lipinski definition) is 8. The minimum Gasteiger partial charge on any atom is -0.356 e. The van der Waals surface area contributed by atoms with E-state index in [1.807, 2.05) is 97.1 Å². The Labute approximate surface area is 256 Å². The van der Waals surface area contributed by atoms with E-state index in [2.05, 4.69) is 26.3 Å². The fourth-order valence-corrected chi connectivity index (χ4v) is 5.91. The maximum absolute atomic E-state index is 12.8. The Bertz CT molecular complexity index is 1830. The van der Waals surface area contributed by atoms with Gasteiger partial charge >= 0.3 is 0 Å². The summed E-state index contributed by atoms with van der Waals surface area (Å²) in [5.41, 5.74) is 6.12. The lowest BCUT2D eigenvalue weighted by molar-refractivity contribution is -0.116. The molecule has 0 fully saturated rings. The molecule has 2 aromatic heterocycles. The first kappa shape index (κ1) is 27.2. The molecule has 3 heterocycles. The smallest absolute Gasteiger partial charge is 0.230 e. The largest absolute Gasteiger partial charge is 0.356 e. The number of carbonyl (C=O) groups excluding carboxylic acids is 2. The molecule has 0 saturated carbocycles. The molecule has 4 aromatic carbocycles. The minimum absolute atomic E-state index is 0.0899. The van der Waals surface area contributed by atoms with Crippen molar-refractivity contribution in [2.24, 2.45) is 0 Å². The molecule has 10 heteroatoms. The molecule has 3 N–H and O–H groups in total. The first-order chi connectivity index (χ1) is 21.6. The van der Waals surface area contributed by atoms with Crippen molar-refractivity contribution in [1.82, 2.24) is 10.3 Å². The lowest BCUT2D eigenvalue weighted by Gasteiger charge is -2.22. The van der Waals surface area contributed by atoms with Crippen LogP contribution >= 0.6 is 11.8 Å². The minimum atomic E-state index is -0.194. The fourth-order valence-electron chi connectivity index (χ4n) is 4.85. The molecule has 7 rings (SSSR count). The predicted molar refractivity (Wildman–Crippen MR) is 169 cm³/mol. The van der Waals surface area contributed by atoms with Gasteiger partial charge in [0.2, 0.25) is 11.8 Å². The third-order valence-corrected chi connectivity index (χ3v) is 8.05. The van der Waals surface area contributed by atoms with Crippen LogP contribution in [0, 0.1) is 0 Å². The molecule has 0 aliphatic carbocycles. The zero-order valence-electron chi connectivity index (χ0n) is 23.2. The Morgan fingerprint density at radius 3 is 1.52 bits per heavy atom. The number of carbonyl (C=O) groups is 2. The molecule has 2 amide bonds. The zero-order chi connectivity index (χ0) is 29.9. The van der Waals surface area contributed by atoms with E-state index in [9.17, 15) is 9.59 Å². The summed E-state index contributed by atoms with van der Waals surface area (Å²) in [6.45, 7) is 0. The Morgan fingerprint density at radius 2 is 1.07 bits per heavy atom. The van der Waals surface area contributed by atoms with Gasteiger partial charge in [-0.25, -0.2) is 0 Å². The van der Waals surface area contributed by atoms with Gasteiger partial charge in [-0.15, -0.1) is 0 Å². The summed E-state index contributed by atoms with van der Waals surface area (Å²) in [6.07, 6.45) is 0.180. The van der Waals surface area contributed by atoms with Gasteiger partial charge in [0.05, 0.1) is 35.6 Å². The second-order valence-corrected chi connectivity index (χ2v) is 11.3. The topological polar surface area (TPSA) is 122 Å². The number of benzene rings is 4. The summed E-state index contributed by atoms with van der Waals surface area (Å²) in [4.78, 5) is 27.5. The Morgan fingerprint density at radius 1 is 0.614 bits per heavy atom. The van der Waals surface area contributed by atoms with Crippen LogP contribution in [0.1, 0.15) is 11.4 Å². The van der Waals surface area contributed by atoms with E-state index in [0.717, 1.165) is 32.3 Å². The number of fused-ring (bicyclic) bond motifs is 2. The molecule has 9 nitrogen and oxygen atoms in total. The molecule has 0 atom stereocenters. The average Bonchev–Trinajstić information content (AvgIpc) is 3.71. The summed E-state index contributed by atoms with van der Waals surface area (Å²) in [7, 11) is 0. The van der Waals surface area contributed by atoms with E-state index in [0.29, 0.717) is 34.3 Å². The highest BCUT2D eigenvalue weighted by Gasteiger charge is 2.19. The summed E-state index contributed by atoms with van der Waals surface area (Å²) in [6, 6.07) is 34.2. The quantitative estimate of drug-likeness (QED) is 0.164. The third kappa shape index (κ3) is 6.11. The second kappa shape index (κ2) is 11.9. The van der Waals surface area contributed by atoms with Gasteiger partial charge in [0.15, 0.2) is 11.5 Å².